The summed E-state index contributed by atoms with van der Waals surface area (Å²) in [6, 6.07) is 7.77. The van der Waals surface area contributed by atoms with Crippen molar-refractivity contribution in [1.82, 2.24) is 20.3 Å². The summed E-state index contributed by atoms with van der Waals surface area (Å²) in [6.07, 6.45) is 1.53. The van der Waals surface area contributed by atoms with Crippen molar-refractivity contribution >= 4 is 11.0 Å². The smallest absolute Gasteiger partial charge is 0.222 e. The van der Waals surface area contributed by atoms with Gasteiger partial charge in [-0.25, -0.2) is 4.98 Å². The maximum Gasteiger partial charge on any atom is 0.222 e. The van der Waals surface area contributed by atoms with Gasteiger partial charge in [0.05, 0.1) is 11.0 Å². The van der Waals surface area contributed by atoms with Crippen molar-refractivity contribution in [3.63, 3.8) is 0 Å². The molecule has 0 aliphatic rings. The number of hydrogen-bond donors (Lipinski definition) is 1. The molecule has 3 rings (SSSR count). The van der Waals surface area contributed by atoms with E-state index in [2.05, 4.69) is 20.3 Å². The molecule has 0 atom stereocenters. The van der Waals surface area contributed by atoms with Crippen molar-refractivity contribution in [2.24, 2.45) is 0 Å². The van der Waals surface area contributed by atoms with E-state index in [0.717, 1.165) is 11.0 Å². The molecule has 0 aliphatic carbocycles. The molecule has 1 aromatic carbocycles. The molecule has 0 amide bonds. The van der Waals surface area contributed by atoms with Gasteiger partial charge in [0.2, 0.25) is 5.76 Å². The van der Waals surface area contributed by atoms with Crippen LogP contribution in [0.2, 0.25) is 0 Å². The van der Waals surface area contributed by atoms with Gasteiger partial charge in [0.15, 0.2) is 5.82 Å². The largest absolute Gasteiger partial charge is 0.335 e. The summed E-state index contributed by atoms with van der Waals surface area (Å²) >= 11 is 0. The minimum absolute atomic E-state index is 0.543. The van der Waals surface area contributed by atoms with Crippen molar-refractivity contribution in [2.75, 3.05) is 0 Å². The molecule has 0 radical (unpaired) electrons. The number of aromatic amines is 1. The molecule has 5 heteroatoms. The van der Waals surface area contributed by atoms with Crippen molar-refractivity contribution in [3.8, 4) is 11.6 Å². The van der Waals surface area contributed by atoms with Crippen LogP contribution in [-0.2, 0) is 0 Å². The highest BCUT2D eigenvalue weighted by molar-refractivity contribution is 5.78. The summed E-state index contributed by atoms with van der Waals surface area (Å²) < 4.78 is 4.89. The third-order valence-corrected chi connectivity index (χ3v) is 1.98. The lowest BCUT2D eigenvalue weighted by Crippen LogP contribution is -1.74. The van der Waals surface area contributed by atoms with Crippen LogP contribution >= 0.6 is 0 Å². The molecular weight excluding hydrogens is 180 g/mol. The maximum absolute atomic E-state index is 4.89. The number of para-hydroxylation sites is 2. The van der Waals surface area contributed by atoms with Crippen LogP contribution in [0, 0.1) is 0 Å². The van der Waals surface area contributed by atoms with Crippen LogP contribution in [0.25, 0.3) is 22.6 Å². The number of nitrogens with zero attached hydrogens (tertiary/aromatic N) is 3. The first-order valence-corrected chi connectivity index (χ1v) is 4.16. The summed E-state index contributed by atoms with van der Waals surface area (Å²) in [5.74, 6) is 1.19. The molecule has 0 saturated carbocycles. The van der Waals surface area contributed by atoms with Gasteiger partial charge in [0.1, 0.15) is 6.20 Å². The topological polar surface area (TPSA) is 67.6 Å². The molecule has 0 spiro atoms. The lowest BCUT2D eigenvalue weighted by atomic mass is 10.3. The number of aromatic nitrogens is 4. The Bertz CT molecular complexity index is 522. The Morgan fingerprint density at radius 2 is 2.14 bits per heavy atom. The molecule has 0 aliphatic heterocycles. The van der Waals surface area contributed by atoms with Crippen LogP contribution < -0.4 is 0 Å². The highest BCUT2D eigenvalue weighted by atomic mass is 16.5. The molecule has 1 N–H and O–H groups in total. The number of fused-ring (bicyclic) bond motifs is 1. The average Bonchev–Trinajstić information content (AvgIpc) is 2.86. The summed E-state index contributed by atoms with van der Waals surface area (Å²) in [5, 5.41) is 6.98. The van der Waals surface area contributed by atoms with E-state index in [4.69, 9.17) is 4.52 Å². The van der Waals surface area contributed by atoms with Crippen LogP contribution in [0.5, 0.6) is 0 Å². The minimum Gasteiger partial charge on any atom is -0.335 e. The van der Waals surface area contributed by atoms with E-state index in [-0.39, 0.29) is 0 Å². The quantitative estimate of drug-likeness (QED) is 0.626. The Labute approximate surface area is 78.8 Å². The molecule has 0 bridgehead atoms. The Balaban J connectivity index is 2.24. The fourth-order valence-electron chi connectivity index (χ4n) is 1.34. The number of hydrogen-bond acceptors (Lipinski definition) is 4. The van der Waals surface area contributed by atoms with Crippen LogP contribution in [0.15, 0.2) is 35.0 Å². The lowest BCUT2D eigenvalue weighted by molar-refractivity contribution is 0.402. The van der Waals surface area contributed by atoms with Gasteiger partial charge in [-0.2, -0.15) is 0 Å². The number of benzene rings is 1. The number of rotatable bonds is 1. The Morgan fingerprint density at radius 1 is 1.21 bits per heavy atom. The lowest BCUT2D eigenvalue weighted by Gasteiger charge is -1.82. The van der Waals surface area contributed by atoms with E-state index in [1.807, 2.05) is 24.3 Å². The highest BCUT2D eigenvalue weighted by Gasteiger charge is 2.07. The number of nitrogens with one attached hydrogen (secondary N) is 1. The van der Waals surface area contributed by atoms with Crippen LogP contribution in [0.3, 0.4) is 0 Å². The first kappa shape index (κ1) is 7.25. The standard InChI is InChI=1S/C9H6N4O/c1-2-4-7-6(3-1)11-9(12-7)8-5-10-13-14-8/h1-5H,(H,11,12). The van der Waals surface area contributed by atoms with Crippen LogP contribution in [0.1, 0.15) is 0 Å². The number of imidazole rings is 1. The average molecular weight is 186 g/mol. The SMILES string of the molecule is c1ccc2[nH]c(-c3cnno3)nc2c1. The van der Waals surface area contributed by atoms with E-state index in [1.54, 1.807) is 0 Å². The molecular formula is C9H6N4O. The fraction of sp³-hybridized carbons (Fsp3) is 0. The van der Waals surface area contributed by atoms with E-state index in [0.29, 0.717) is 11.6 Å². The van der Waals surface area contributed by atoms with E-state index in [1.165, 1.54) is 6.20 Å². The van der Waals surface area contributed by atoms with Crippen LogP contribution in [0.4, 0.5) is 0 Å². The normalized spacial score (nSPS) is 10.9. The van der Waals surface area contributed by atoms with Crippen molar-refractivity contribution in [2.45, 2.75) is 0 Å². The highest BCUT2D eigenvalue weighted by Crippen LogP contribution is 2.18. The van der Waals surface area contributed by atoms with Gasteiger partial charge in [-0.05, 0) is 12.1 Å². The zero-order chi connectivity index (χ0) is 9.38. The molecule has 68 valence electrons. The third-order valence-electron chi connectivity index (χ3n) is 1.98. The fourth-order valence-corrected chi connectivity index (χ4v) is 1.34. The van der Waals surface area contributed by atoms with Crippen molar-refractivity contribution in [3.05, 3.63) is 30.5 Å². The second-order valence-corrected chi connectivity index (χ2v) is 2.88. The predicted octanol–water partition coefficient (Wildman–Crippen LogP) is 1.61. The molecule has 14 heavy (non-hydrogen) atoms. The van der Waals surface area contributed by atoms with Crippen molar-refractivity contribution in [1.29, 1.82) is 0 Å². The second-order valence-electron chi connectivity index (χ2n) is 2.88. The Morgan fingerprint density at radius 3 is 2.93 bits per heavy atom. The molecule has 0 unspecified atom stereocenters. The molecule has 0 fully saturated rings. The third kappa shape index (κ3) is 0.990. The van der Waals surface area contributed by atoms with Crippen LogP contribution in [-0.4, -0.2) is 20.3 Å². The zero-order valence-corrected chi connectivity index (χ0v) is 7.14. The molecule has 5 nitrogen and oxygen atoms in total. The summed E-state index contributed by atoms with van der Waals surface area (Å²) in [6.45, 7) is 0. The maximum atomic E-state index is 4.89. The molecule has 0 saturated heterocycles. The summed E-state index contributed by atoms with van der Waals surface area (Å²) in [4.78, 5) is 7.44. The van der Waals surface area contributed by atoms with Gasteiger partial charge in [-0.15, -0.1) is 5.10 Å². The van der Waals surface area contributed by atoms with Gasteiger partial charge in [-0.3, -0.25) is 0 Å². The monoisotopic (exact) mass is 186 g/mol. The van der Waals surface area contributed by atoms with Gasteiger partial charge in [0.25, 0.3) is 0 Å². The van der Waals surface area contributed by atoms with E-state index in [9.17, 15) is 0 Å². The summed E-state index contributed by atoms with van der Waals surface area (Å²) in [7, 11) is 0. The first-order chi connectivity index (χ1) is 6.93. The van der Waals surface area contributed by atoms with Gasteiger partial charge in [0, 0.05) is 5.27 Å². The first-order valence-electron chi connectivity index (χ1n) is 4.16. The van der Waals surface area contributed by atoms with Gasteiger partial charge >= 0.3 is 0 Å². The Hall–Kier alpha value is -2.17. The zero-order valence-electron chi connectivity index (χ0n) is 7.14. The molecule has 2 aromatic heterocycles. The van der Waals surface area contributed by atoms with Gasteiger partial charge < -0.3 is 9.51 Å². The van der Waals surface area contributed by atoms with E-state index < -0.39 is 0 Å². The molecule has 2 heterocycles. The number of H-pyrrole nitrogens is 1. The second kappa shape index (κ2) is 2.66. The predicted molar refractivity (Wildman–Crippen MR) is 49.4 cm³/mol. The van der Waals surface area contributed by atoms with Crippen molar-refractivity contribution < 1.29 is 4.52 Å². The van der Waals surface area contributed by atoms with Gasteiger partial charge in [-0.1, -0.05) is 12.1 Å². The van der Waals surface area contributed by atoms with E-state index >= 15 is 0 Å². The summed E-state index contributed by atoms with van der Waals surface area (Å²) in [5.41, 5.74) is 1.87. The molecule has 3 aromatic rings. The minimum atomic E-state index is 0.543. The Kier molecular flexibility index (Phi) is 1.38.